The molecule has 11 heteroatoms. The summed E-state index contributed by atoms with van der Waals surface area (Å²) < 4.78 is 14.9. The van der Waals surface area contributed by atoms with Gasteiger partial charge in [-0.05, 0) is 55.0 Å². The second-order valence-corrected chi connectivity index (χ2v) is 9.66. The van der Waals surface area contributed by atoms with E-state index >= 15 is 0 Å². The van der Waals surface area contributed by atoms with Gasteiger partial charge in [-0.3, -0.25) is 4.79 Å². The number of halogens is 2. The number of carbonyl (C=O) groups is 1. The number of aryl methyl sites for hydroxylation is 1. The van der Waals surface area contributed by atoms with E-state index in [-0.39, 0.29) is 11.7 Å². The van der Waals surface area contributed by atoms with Crippen LogP contribution in [0.4, 0.5) is 10.1 Å². The van der Waals surface area contributed by atoms with Crippen LogP contribution in [0.15, 0.2) is 66.1 Å². The Morgan fingerprint density at radius 2 is 1.72 bits per heavy atom. The Bertz CT molecular complexity index is 1360. The van der Waals surface area contributed by atoms with Crippen LogP contribution < -0.4 is 4.90 Å². The molecule has 5 rings (SSSR count). The summed E-state index contributed by atoms with van der Waals surface area (Å²) in [5, 5.41) is 9.81. The molecule has 184 valence electrons. The van der Waals surface area contributed by atoms with Gasteiger partial charge in [-0.25, -0.2) is 19.0 Å². The molecule has 1 aliphatic heterocycles. The van der Waals surface area contributed by atoms with Gasteiger partial charge in [-0.1, -0.05) is 34.6 Å². The zero-order valence-electron chi connectivity index (χ0n) is 19.5. The fourth-order valence-electron chi connectivity index (χ4n) is 3.98. The maximum absolute atomic E-state index is 13.6. The predicted octanol–water partition coefficient (Wildman–Crippen LogP) is 4.41. The molecule has 0 unspecified atom stereocenters. The molecule has 2 aromatic heterocycles. The van der Waals surface area contributed by atoms with Gasteiger partial charge in [0.2, 0.25) is 0 Å². The number of piperazine rings is 1. The summed E-state index contributed by atoms with van der Waals surface area (Å²) in [5.41, 5.74) is 3.56. The van der Waals surface area contributed by atoms with Crippen molar-refractivity contribution in [3.05, 3.63) is 88.7 Å². The smallest absolute Gasteiger partial charge is 0.276 e. The van der Waals surface area contributed by atoms with Crippen molar-refractivity contribution in [3.8, 4) is 5.69 Å². The van der Waals surface area contributed by atoms with Gasteiger partial charge in [-0.15, -0.1) is 5.10 Å². The zero-order valence-corrected chi connectivity index (χ0v) is 21.1. The molecule has 0 spiro atoms. The van der Waals surface area contributed by atoms with E-state index in [0.717, 1.165) is 16.9 Å². The largest absolute Gasteiger partial charge is 0.368 e. The number of carbonyl (C=O) groups excluding carboxylic acids is 1. The second kappa shape index (κ2) is 10.6. The van der Waals surface area contributed by atoms with Crippen LogP contribution >= 0.6 is 23.4 Å². The maximum Gasteiger partial charge on any atom is 0.276 e. The zero-order chi connectivity index (χ0) is 25.1. The highest BCUT2D eigenvalue weighted by molar-refractivity contribution is 7.98. The summed E-state index contributed by atoms with van der Waals surface area (Å²) >= 11 is 7.77. The topological polar surface area (TPSA) is 80.0 Å². The molecule has 0 aliphatic carbocycles. The standard InChI is InChI=1S/C25H23ClFN7OS/c1-17-3-6-20(15-21(17)26)34-22(16-36-25-28-9-2-10-29-25)23(30-31-34)24(35)33-13-11-32(12-14-33)19-7-4-18(27)5-8-19/h2-10,15H,11-14,16H2,1H3. The number of rotatable bonds is 6. The molecule has 8 nitrogen and oxygen atoms in total. The van der Waals surface area contributed by atoms with Crippen LogP contribution in [0.2, 0.25) is 5.02 Å². The van der Waals surface area contributed by atoms with Crippen molar-refractivity contribution in [2.24, 2.45) is 0 Å². The number of thioether (sulfide) groups is 1. The molecule has 1 fully saturated rings. The molecular formula is C25H23ClFN7OS. The first-order valence-corrected chi connectivity index (χ1v) is 12.8. The lowest BCUT2D eigenvalue weighted by molar-refractivity contribution is 0.0740. The normalized spacial score (nSPS) is 13.8. The summed E-state index contributed by atoms with van der Waals surface area (Å²) in [6.07, 6.45) is 3.36. The molecule has 3 heterocycles. The highest BCUT2D eigenvalue weighted by Crippen LogP contribution is 2.26. The highest BCUT2D eigenvalue weighted by atomic mass is 35.5. The monoisotopic (exact) mass is 523 g/mol. The van der Waals surface area contributed by atoms with E-state index in [4.69, 9.17) is 11.6 Å². The minimum absolute atomic E-state index is 0.178. The Labute approximate surface area is 217 Å². The summed E-state index contributed by atoms with van der Waals surface area (Å²) in [4.78, 5) is 26.0. The Morgan fingerprint density at radius 1 is 1.03 bits per heavy atom. The summed E-state index contributed by atoms with van der Waals surface area (Å²) in [7, 11) is 0. The molecule has 1 aliphatic rings. The molecule has 0 atom stereocenters. The summed E-state index contributed by atoms with van der Waals surface area (Å²) in [6.45, 7) is 4.25. The van der Waals surface area contributed by atoms with Crippen molar-refractivity contribution < 1.29 is 9.18 Å². The Hall–Kier alpha value is -3.50. The van der Waals surface area contributed by atoms with Crippen LogP contribution in [-0.4, -0.2) is 61.9 Å². The molecule has 0 N–H and O–H groups in total. The fourth-order valence-corrected chi connectivity index (χ4v) is 4.95. The summed E-state index contributed by atoms with van der Waals surface area (Å²) in [6, 6.07) is 13.8. The van der Waals surface area contributed by atoms with Gasteiger partial charge in [0.15, 0.2) is 10.9 Å². The van der Waals surface area contributed by atoms with Gasteiger partial charge in [0.05, 0.1) is 11.4 Å². The van der Waals surface area contributed by atoms with E-state index in [2.05, 4.69) is 25.2 Å². The summed E-state index contributed by atoms with van der Waals surface area (Å²) in [5.74, 6) is -0.0429. The number of aromatic nitrogens is 5. The first kappa shape index (κ1) is 24.2. The third-order valence-electron chi connectivity index (χ3n) is 6.00. The number of nitrogens with zero attached hydrogens (tertiary/aromatic N) is 7. The van der Waals surface area contributed by atoms with Crippen molar-refractivity contribution in [1.29, 1.82) is 0 Å². The Kier molecular flexibility index (Phi) is 7.15. The first-order chi connectivity index (χ1) is 17.5. The van der Waals surface area contributed by atoms with Crippen LogP contribution in [0, 0.1) is 12.7 Å². The van der Waals surface area contributed by atoms with Crippen LogP contribution in [0.25, 0.3) is 5.69 Å². The van der Waals surface area contributed by atoms with Crippen molar-refractivity contribution >= 4 is 35.0 Å². The van der Waals surface area contributed by atoms with Crippen LogP contribution in [0.5, 0.6) is 0 Å². The number of hydrogen-bond donors (Lipinski definition) is 0. The Morgan fingerprint density at radius 3 is 2.42 bits per heavy atom. The number of anilines is 1. The third-order valence-corrected chi connectivity index (χ3v) is 7.30. The molecule has 0 radical (unpaired) electrons. The van der Waals surface area contributed by atoms with Gasteiger partial charge in [0, 0.05) is 55.0 Å². The van der Waals surface area contributed by atoms with E-state index in [1.165, 1.54) is 23.9 Å². The van der Waals surface area contributed by atoms with Crippen LogP contribution in [0.1, 0.15) is 21.7 Å². The number of hydrogen-bond acceptors (Lipinski definition) is 7. The van der Waals surface area contributed by atoms with Crippen LogP contribution in [0.3, 0.4) is 0 Å². The van der Waals surface area contributed by atoms with Gasteiger partial charge >= 0.3 is 0 Å². The average Bonchev–Trinajstić information content (AvgIpc) is 3.33. The SMILES string of the molecule is Cc1ccc(-n2nnc(C(=O)N3CCN(c4ccc(F)cc4)CC3)c2CSc2ncccn2)cc1Cl. The fraction of sp³-hybridized carbons (Fsp3) is 0.240. The van der Waals surface area contributed by atoms with Gasteiger partial charge in [0.1, 0.15) is 5.82 Å². The van der Waals surface area contributed by atoms with Gasteiger partial charge < -0.3 is 9.80 Å². The maximum atomic E-state index is 13.6. The molecule has 0 bridgehead atoms. The number of benzene rings is 2. The minimum Gasteiger partial charge on any atom is -0.368 e. The second-order valence-electron chi connectivity index (χ2n) is 8.31. The molecule has 0 saturated carbocycles. The van der Waals surface area contributed by atoms with Crippen molar-refractivity contribution in [3.63, 3.8) is 0 Å². The lowest BCUT2D eigenvalue weighted by Gasteiger charge is -2.35. The Balaban J connectivity index is 1.38. The van der Waals surface area contributed by atoms with Gasteiger partial charge in [0.25, 0.3) is 5.91 Å². The average molecular weight is 524 g/mol. The minimum atomic E-state index is -0.267. The lowest BCUT2D eigenvalue weighted by Crippen LogP contribution is -2.49. The molecule has 4 aromatic rings. The van der Waals surface area contributed by atoms with E-state index in [0.29, 0.717) is 53.5 Å². The molecular weight excluding hydrogens is 501 g/mol. The van der Waals surface area contributed by atoms with Crippen molar-refractivity contribution in [1.82, 2.24) is 29.9 Å². The van der Waals surface area contributed by atoms with E-state index < -0.39 is 0 Å². The molecule has 2 aromatic carbocycles. The number of amides is 1. The quantitative estimate of drug-likeness (QED) is 0.273. The lowest BCUT2D eigenvalue weighted by atomic mass is 10.2. The van der Waals surface area contributed by atoms with Crippen LogP contribution in [-0.2, 0) is 5.75 Å². The molecule has 36 heavy (non-hydrogen) atoms. The van der Waals surface area contributed by atoms with E-state index in [1.54, 1.807) is 40.2 Å². The predicted molar refractivity (Wildman–Crippen MR) is 137 cm³/mol. The first-order valence-electron chi connectivity index (χ1n) is 11.4. The highest BCUT2D eigenvalue weighted by Gasteiger charge is 2.28. The van der Waals surface area contributed by atoms with E-state index in [1.807, 2.05) is 25.1 Å². The van der Waals surface area contributed by atoms with Gasteiger partial charge in [-0.2, -0.15) is 0 Å². The van der Waals surface area contributed by atoms with E-state index in [9.17, 15) is 9.18 Å². The third kappa shape index (κ3) is 5.19. The molecule has 1 amide bonds. The molecule has 1 saturated heterocycles. The van der Waals surface area contributed by atoms with Crippen molar-refractivity contribution in [2.45, 2.75) is 17.8 Å². The van der Waals surface area contributed by atoms with Crippen molar-refractivity contribution in [2.75, 3.05) is 31.1 Å².